The second-order valence-corrected chi connectivity index (χ2v) is 5.32. The van der Waals surface area contributed by atoms with Crippen molar-refractivity contribution in [3.63, 3.8) is 0 Å². The number of ether oxygens (including phenoxy) is 2. The van der Waals surface area contributed by atoms with Gasteiger partial charge in [-0.1, -0.05) is 5.21 Å². The predicted octanol–water partition coefficient (Wildman–Crippen LogP) is -0.218. The van der Waals surface area contributed by atoms with Crippen LogP contribution in [-0.2, 0) is 29.2 Å². The van der Waals surface area contributed by atoms with Crippen LogP contribution in [0.2, 0.25) is 0 Å². The molecule has 0 amide bonds. The van der Waals surface area contributed by atoms with Crippen LogP contribution in [0.15, 0.2) is 0 Å². The van der Waals surface area contributed by atoms with Crippen LogP contribution < -0.4 is 0 Å². The molecule has 0 aromatic carbocycles. The molecule has 2 aliphatic heterocycles. The average molecular weight is 282 g/mol. The first-order valence-electron chi connectivity index (χ1n) is 7.30. The van der Waals surface area contributed by atoms with E-state index in [1.54, 1.807) is 0 Å². The fourth-order valence-electron chi connectivity index (χ4n) is 2.88. The minimum absolute atomic E-state index is 0.0367. The van der Waals surface area contributed by atoms with Crippen molar-refractivity contribution in [3.05, 3.63) is 11.4 Å². The summed E-state index contributed by atoms with van der Waals surface area (Å²) < 4.78 is 12.9. The highest BCUT2D eigenvalue weighted by Crippen LogP contribution is 2.21. The van der Waals surface area contributed by atoms with Gasteiger partial charge in [0.1, 0.15) is 5.69 Å². The molecule has 1 saturated heterocycles. The largest absolute Gasteiger partial charge is 0.394 e. The first-order valence-corrected chi connectivity index (χ1v) is 7.30. The first-order chi connectivity index (χ1) is 9.88. The molecule has 2 aliphatic rings. The molecule has 0 aliphatic carbocycles. The number of nitrogens with zero attached hydrogens (tertiary/aromatic N) is 4. The Balaban J connectivity index is 1.70. The molecule has 0 bridgehead atoms. The number of aliphatic hydroxyl groups excluding tert-OH is 1. The van der Waals surface area contributed by atoms with Crippen LogP contribution in [0.4, 0.5) is 0 Å². The highest BCUT2D eigenvalue weighted by molar-refractivity contribution is 5.10. The minimum Gasteiger partial charge on any atom is -0.394 e. The summed E-state index contributed by atoms with van der Waals surface area (Å²) in [5.74, 6) is 0. The Bertz CT molecular complexity index is 431. The van der Waals surface area contributed by atoms with Crippen LogP contribution in [0, 0.1) is 0 Å². The van der Waals surface area contributed by atoms with Crippen molar-refractivity contribution in [1.82, 2.24) is 19.9 Å². The van der Waals surface area contributed by atoms with Crippen LogP contribution in [0.1, 0.15) is 24.2 Å². The molecule has 3 heterocycles. The summed E-state index contributed by atoms with van der Waals surface area (Å²) >= 11 is 0. The number of aromatic nitrogens is 3. The number of hydrogen-bond acceptors (Lipinski definition) is 6. The van der Waals surface area contributed by atoms with Gasteiger partial charge in [-0.2, -0.15) is 0 Å². The number of hydrogen-bond donors (Lipinski definition) is 1. The van der Waals surface area contributed by atoms with Gasteiger partial charge in [0.25, 0.3) is 0 Å². The Morgan fingerprint density at radius 2 is 2.35 bits per heavy atom. The van der Waals surface area contributed by atoms with E-state index < -0.39 is 0 Å². The van der Waals surface area contributed by atoms with Crippen molar-refractivity contribution in [2.45, 2.75) is 38.6 Å². The van der Waals surface area contributed by atoms with Gasteiger partial charge < -0.3 is 14.6 Å². The Kier molecular flexibility index (Phi) is 4.62. The molecule has 1 fully saturated rings. The van der Waals surface area contributed by atoms with Gasteiger partial charge in [-0.3, -0.25) is 4.90 Å². The van der Waals surface area contributed by atoms with Gasteiger partial charge in [0.2, 0.25) is 0 Å². The van der Waals surface area contributed by atoms with E-state index in [1.165, 1.54) is 0 Å². The van der Waals surface area contributed by atoms with E-state index >= 15 is 0 Å². The summed E-state index contributed by atoms with van der Waals surface area (Å²) in [5, 5.41) is 17.2. The van der Waals surface area contributed by atoms with Gasteiger partial charge in [-0.15, -0.1) is 5.10 Å². The number of rotatable bonds is 5. The van der Waals surface area contributed by atoms with Crippen molar-refractivity contribution in [2.24, 2.45) is 0 Å². The maximum Gasteiger partial charge on any atom is 0.113 e. The van der Waals surface area contributed by atoms with E-state index in [9.17, 15) is 0 Å². The lowest BCUT2D eigenvalue weighted by Gasteiger charge is -2.25. The predicted molar refractivity (Wildman–Crippen MR) is 71.0 cm³/mol. The molecule has 112 valence electrons. The van der Waals surface area contributed by atoms with Gasteiger partial charge in [0.05, 0.1) is 32.1 Å². The third kappa shape index (κ3) is 3.01. The molecule has 0 unspecified atom stereocenters. The van der Waals surface area contributed by atoms with Gasteiger partial charge in [-0.05, 0) is 12.8 Å². The zero-order valence-electron chi connectivity index (χ0n) is 11.7. The van der Waals surface area contributed by atoms with E-state index in [0.29, 0.717) is 19.3 Å². The quantitative estimate of drug-likeness (QED) is 0.753. The Hall–Kier alpha value is -1.02. The smallest absolute Gasteiger partial charge is 0.113 e. The highest BCUT2D eigenvalue weighted by atomic mass is 16.5. The van der Waals surface area contributed by atoms with E-state index in [1.807, 2.05) is 4.68 Å². The maximum atomic E-state index is 8.78. The van der Waals surface area contributed by atoms with Gasteiger partial charge in [-0.25, -0.2) is 4.68 Å². The summed E-state index contributed by atoms with van der Waals surface area (Å²) in [7, 11) is 0. The highest BCUT2D eigenvalue weighted by Gasteiger charge is 2.27. The second-order valence-electron chi connectivity index (χ2n) is 5.32. The van der Waals surface area contributed by atoms with Crippen molar-refractivity contribution in [3.8, 4) is 0 Å². The minimum atomic E-state index is 0.0367. The van der Waals surface area contributed by atoms with Crippen LogP contribution in [0.3, 0.4) is 0 Å². The van der Waals surface area contributed by atoms with E-state index in [2.05, 4.69) is 15.2 Å². The van der Waals surface area contributed by atoms with Gasteiger partial charge >= 0.3 is 0 Å². The molecular weight excluding hydrogens is 260 g/mol. The third-order valence-electron chi connectivity index (χ3n) is 3.98. The van der Waals surface area contributed by atoms with Crippen molar-refractivity contribution < 1.29 is 14.6 Å². The van der Waals surface area contributed by atoms with Crippen LogP contribution in [0.5, 0.6) is 0 Å². The Labute approximate surface area is 118 Å². The summed E-state index contributed by atoms with van der Waals surface area (Å²) in [5.41, 5.74) is 2.04. The fourth-order valence-corrected chi connectivity index (χ4v) is 2.88. The van der Waals surface area contributed by atoms with Gasteiger partial charge in [0, 0.05) is 32.3 Å². The molecule has 1 atom stereocenters. The fraction of sp³-hybridized carbons (Fsp3) is 0.846. The van der Waals surface area contributed by atoms with Crippen molar-refractivity contribution >= 4 is 0 Å². The van der Waals surface area contributed by atoms with E-state index in [0.717, 1.165) is 57.1 Å². The topological polar surface area (TPSA) is 72.6 Å². The standard InChI is InChI=1S/C13H22N4O3/c18-5-7-20-10-12-13-8-16(11-2-6-19-9-11)3-1-4-17(13)15-14-12/h11,18H,1-10H2/t11-/m1/s1. The Morgan fingerprint density at radius 1 is 1.40 bits per heavy atom. The van der Waals surface area contributed by atoms with E-state index in [-0.39, 0.29) is 6.61 Å². The monoisotopic (exact) mass is 282 g/mol. The number of aryl methyl sites for hydroxylation is 1. The zero-order chi connectivity index (χ0) is 13.8. The SMILES string of the molecule is OCCOCc1nnn2c1CN([C@@H]1CCOC1)CCC2. The lowest BCUT2D eigenvalue weighted by Crippen LogP contribution is -2.35. The number of aliphatic hydroxyl groups is 1. The van der Waals surface area contributed by atoms with Crippen LogP contribution in [-0.4, -0.2) is 64.0 Å². The van der Waals surface area contributed by atoms with Crippen LogP contribution in [0.25, 0.3) is 0 Å². The molecule has 7 nitrogen and oxygen atoms in total. The molecule has 3 rings (SSSR count). The molecule has 1 aromatic rings. The summed E-state index contributed by atoms with van der Waals surface area (Å²) in [6.07, 6.45) is 2.20. The lowest BCUT2D eigenvalue weighted by atomic mass is 10.2. The first kappa shape index (κ1) is 13.9. The Morgan fingerprint density at radius 3 is 3.15 bits per heavy atom. The van der Waals surface area contributed by atoms with Crippen LogP contribution >= 0.6 is 0 Å². The molecule has 0 radical (unpaired) electrons. The maximum absolute atomic E-state index is 8.78. The normalized spacial score (nSPS) is 23.8. The summed E-state index contributed by atoms with van der Waals surface area (Å²) in [4.78, 5) is 2.48. The molecular formula is C13H22N4O3. The molecule has 7 heteroatoms. The molecule has 0 spiro atoms. The van der Waals surface area contributed by atoms with Crippen molar-refractivity contribution in [1.29, 1.82) is 0 Å². The molecule has 0 saturated carbocycles. The van der Waals surface area contributed by atoms with Crippen molar-refractivity contribution in [2.75, 3.05) is 33.0 Å². The summed E-state index contributed by atoms with van der Waals surface area (Å²) in [6.45, 7) is 5.34. The molecule has 20 heavy (non-hydrogen) atoms. The van der Waals surface area contributed by atoms with Gasteiger partial charge in [0.15, 0.2) is 0 Å². The van der Waals surface area contributed by atoms with E-state index in [4.69, 9.17) is 14.6 Å². The average Bonchev–Trinajstić information content (AvgIpc) is 3.06. The second kappa shape index (κ2) is 6.62. The lowest BCUT2D eigenvalue weighted by molar-refractivity contribution is 0.0784. The number of fused-ring (bicyclic) bond motifs is 1. The zero-order valence-corrected chi connectivity index (χ0v) is 11.7. The molecule has 1 N–H and O–H groups in total. The third-order valence-corrected chi connectivity index (χ3v) is 3.98. The molecule has 1 aromatic heterocycles. The summed E-state index contributed by atoms with van der Waals surface area (Å²) in [6, 6.07) is 0.516.